The van der Waals surface area contributed by atoms with Crippen molar-refractivity contribution in [3.63, 3.8) is 0 Å². The van der Waals surface area contributed by atoms with E-state index in [1.807, 2.05) is 91.0 Å². The lowest BCUT2D eigenvalue weighted by Crippen LogP contribution is -2.39. The molecule has 230 valence electrons. The summed E-state index contributed by atoms with van der Waals surface area (Å²) in [6.45, 7) is 0. The van der Waals surface area contributed by atoms with E-state index in [0.717, 1.165) is 28.3 Å². The number of rotatable bonds is 8. The summed E-state index contributed by atoms with van der Waals surface area (Å²) >= 11 is 0. The second-order valence-corrected chi connectivity index (χ2v) is 11.1. The molecule has 0 saturated heterocycles. The molecule has 1 aliphatic heterocycles. The summed E-state index contributed by atoms with van der Waals surface area (Å²) in [5, 5.41) is 3.60. The number of carbonyl (C=O) groups is 2. The molecule has 0 unspecified atom stereocenters. The van der Waals surface area contributed by atoms with Crippen molar-refractivity contribution >= 4 is 23.1 Å². The van der Waals surface area contributed by atoms with Crippen LogP contribution in [-0.4, -0.2) is 40.1 Å². The van der Waals surface area contributed by atoms with Crippen LogP contribution in [-0.2, 0) is 16.0 Å². The Hall–Kier alpha value is -5.24. The van der Waals surface area contributed by atoms with Crippen LogP contribution < -0.4 is 29.2 Å². The van der Waals surface area contributed by atoms with Gasteiger partial charge in [-0.25, -0.2) is 0 Å². The Balaban J connectivity index is 1.56. The summed E-state index contributed by atoms with van der Waals surface area (Å²) in [5.41, 5.74) is 5.37. The van der Waals surface area contributed by atoms with Gasteiger partial charge in [0.25, 0.3) is 0 Å². The summed E-state index contributed by atoms with van der Waals surface area (Å²) in [6, 6.07) is 28.1. The van der Waals surface area contributed by atoms with Crippen molar-refractivity contribution < 1.29 is 28.5 Å². The minimum Gasteiger partial charge on any atom is -0.497 e. The van der Waals surface area contributed by atoms with Crippen molar-refractivity contribution in [3.05, 3.63) is 119 Å². The number of hydrogen-bond acceptors (Lipinski definition) is 7. The van der Waals surface area contributed by atoms with Crippen LogP contribution in [0.2, 0.25) is 0 Å². The lowest BCUT2D eigenvalue weighted by molar-refractivity contribution is -0.118. The second kappa shape index (κ2) is 12.8. The number of nitrogens with zero attached hydrogens (tertiary/aromatic N) is 1. The van der Waals surface area contributed by atoms with Gasteiger partial charge >= 0.3 is 0 Å². The number of hydrogen-bond donors (Lipinski definition) is 1. The maximum atomic E-state index is 14.5. The molecule has 0 aromatic heterocycles. The predicted octanol–water partition coefficient (Wildman–Crippen LogP) is 6.86. The Bertz CT molecular complexity index is 1720. The van der Waals surface area contributed by atoms with Gasteiger partial charge in [0.2, 0.25) is 11.7 Å². The molecule has 45 heavy (non-hydrogen) atoms. The molecule has 6 rings (SSSR count). The molecule has 0 radical (unpaired) electrons. The number of para-hydroxylation sites is 2. The van der Waals surface area contributed by atoms with Gasteiger partial charge in [-0.05, 0) is 65.4 Å². The number of methoxy groups -OCH3 is 4. The van der Waals surface area contributed by atoms with Crippen LogP contribution in [0.1, 0.15) is 41.5 Å². The molecule has 1 heterocycles. The minimum atomic E-state index is -0.759. The number of ketones is 1. The van der Waals surface area contributed by atoms with E-state index in [-0.39, 0.29) is 24.0 Å². The first-order valence-corrected chi connectivity index (χ1v) is 14.9. The first kappa shape index (κ1) is 29.8. The summed E-state index contributed by atoms with van der Waals surface area (Å²) in [4.78, 5) is 30.7. The van der Waals surface area contributed by atoms with Crippen LogP contribution in [0, 0.1) is 0 Å². The van der Waals surface area contributed by atoms with Crippen LogP contribution in [0.5, 0.6) is 23.0 Å². The number of ether oxygens (including phenoxy) is 4. The van der Waals surface area contributed by atoms with E-state index >= 15 is 0 Å². The molecule has 8 heteroatoms. The lowest BCUT2D eigenvalue weighted by atomic mass is 9.78. The van der Waals surface area contributed by atoms with E-state index in [1.165, 1.54) is 0 Å². The highest BCUT2D eigenvalue weighted by Crippen LogP contribution is 2.50. The van der Waals surface area contributed by atoms with Crippen LogP contribution in [0.3, 0.4) is 0 Å². The Labute approximate surface area is 263 Å². The van der Waals surface area contributed by atoms with Crippen molar-refractivity contribution in [1.29, 1.82) is 0 Å². The van der Waals surface area contributed by atoms with Gasteiger partial charge in [0.1, 0.15) is 5.75 Å². The average Bonchev–Trinajstić information content (AvgIpc) is 3.22. The van der Waals surface area contributed by atoms with Crippen LogP contribution in [0.4, 0.5) is 11.4 Å². The van der Waals surface area contributed by atoms with Gasteiger partial charge in [0, 0.05) is 17.7 Å². The zero-order valence-electron chi connectivity index (χ0n) is 25.8. The van der Waals surface area contributed by atoms with Gasteiger partial charge in [-0.2, -0.15) is 0 Å². The first-order valence-electron chi connectivity index (χ1n) is 14.9. The molecule has 0 fully saturated rings. The minimum absolute atomic E-state index is 0.0337. The molecule has 1 aliphatic carbocycles. The van der Waals surface area contributed by atoms with Crippen molar-refractivity contribution in [2.45, 2.75) is 31.2 Å². The number of amides is 1. The molecule has 1 N–H and O–H groups in total. The highest BCUT2D eigenvalue weighted by atomic mass is 16.5. The van der Waals surface area contributed by atoms with Crippen molar-refractivity contribution in [3.8, 4) is 23.0 Å². The van der Waals surface area contributed by atoms with Crippen LogP contribution in [0.25, 0.3) is 0 Å². The molecule has 4 aromatic rings. The number of allylic oxidation sites excluding steroid dienone is 1. The Kier molecular flexibility index (Phi) is 8.47. The highest BCUT2D eigenvalue weighted by molar-refractivity contribution is 6.07. The van der Waals surface area contributed by atoms with Crippen molar-refractivity contribution in [1.82, 2.24) is 0 Å². The van der Waals surface area contributed by atoms with Gasteiger partial charge < -0.3 is 24.3 Å². The van der Waals surface area contributed by atoms with E-state index in [9.17, 15) is 9.59 Å². The third-order valence-electron chi connectivity index (χ3n) is 8.55. The SMILES string of the molecule is COc1ccc([C@H]2CC(=O)C3=C(C2)Nc2ccccc2N(C(=O)Cc2ccccc2)[C@H]3c2cc(OC)c(OC)c(OC)c2)cc1. The maximum absolute atomic E-state index is 14.5. The van der Waals surface area contributed by atoms with Gasteiger partial charge in [-0.3, -0.25) is 14.5 Å². The van der Waals surface area contributed by atoms with Crippen molar-refractivity contribution in [2.75, 3.05) is 38.7 Å². The summed E-state index contributed by atoms with van der Waals surface area (Å²) in [6.07, 6.45) is 1.04. The van der Waals surface area contributed by atoms with E-state index in [1.54, 1.807) is 33.3 Å². The van der Waals surface area contributed by atoms with E-state index < -0.39 is 6.04 Å². The smallest absolute Gasteiger partial charge is 0.232 e. The molecular formula is C37H36N2O6. The number of Topliss-reactive ketones (excluding diaryl/α,β-unsaturated/α-hetero) is 1. The molecule has 2 atom stereocenters. The van der Waals surface area contributed by atoms with Crippen molar-refractivity contribution in [2.24, 2.45) is 0 Å². The monoisotopic (exact) mass is 604 g/mol. The van der Waals surface area contributed by atoms with Crippen LogP contribution in [0.15, 0.2) is 102 Å². The quantitative estimate of drug-likeness (QED) is 0.235. The average molecular weight is 605 g/mol. The summed E-state index contributed by atoms with van der Waals surface area (Å²) < 4.78 is 22.4. The highest BCUT2D eigenvalue weighted by Gasteiger charge is 2.42. The topological polar surface area (TPSA) is 86.3 Å². The first-order chi connectivity index (χ1) is 21.9. The lowest BCUT2D eigenvalue weighted by Gasteiger charge is -2.35. The normalized spacial score (nSPS) is 17.4. The Morgan fingerprint density at radius 3 is 2.09 bits per heavy atom. The van der Waals surface area contributed by atoms with Gasteiger partial charge in [-0.15, -0.1) is 0 Å². The summed E-state index contributed by atoms with van der Waals surface area (Å²) in [5.74, 6) is 1.85. The third kappa shape index (κ3) is 5.71. The second-order valence-electron chi connectivity index (χ2n) is 11.1. The standard InChI is InChI=1S/C37H36N2O6/c1-42-27-16-14-24(15-17-27)25-19-29-35(31(40)20-25)36(26-21-32(43-2)37(45-4)33(22-26)44-3)39(30-13-9-8-12-28(30)38-29)34(41)18-23-10-6-5-7-11-23/h5-17,21-22,25,36,38H,18-20H2,1-4H3/t25-,36+/m1/s1. The zero-order valence-corrected chi connectivity index (χ0v) is 25.8. The van der Waals surface area contributed by atoms with Gasteiger partial charge in [0.15, 0.2) is 17.3 Å². The number of nitrogens with one attached hydrogen (secondary N) is 1. The Morgan fingerprint density at radius 2 is 1.44 bits per heavy atom. The van der Waals surface area contributed by atoms with E-state index in [4.69, 9.17) is 18.9 Å². The molecular weight excluding hydrogens is 568 g/mol. The third-order valence-corrected chi connectivity index (χ3v) is 8.55. The largest absolute Gasteiger partial charge is 0.497 e. The van der Waals surface area contributed by atoms with Crippen LogP contribution >= 0.6 is 0 Å². The summed E-state index contributed by atoms with van der Waals surface area (Å²) in [7, 11) is 6.29. The van der Waals surface area contributed by atoms with Gasteiger partial charge in [0.05, 0.1) is 52.3 Å². The molecule has 0 saturated carbocycles. The fraction of sp³-hybridized carbons (Fsp3) is 0.243. The van der Waals surface area contributed by atoms with E-state index in [2.05, 4.69) is 5.32 Å². The number of carbonyl (C=O) groups excluding carboxylic acids is 2. The predicted molar refractivity (Wildman–Crippen MR) is 174 cm³/mol. The Morgan fingerprint density at radius 1 is 0.778 bits per heavy atom. The number of fused-ring (bicyclic) bond motifs is 1. The van der Waals surface area contributed by atoms with E-state index in [0.29, 0.717) is 46.9 Å². The molecule has 0 spiro atoms. The maximum Gasteiger partial charge on any atom is 0.232 e. The molecule has 4 aromatic carbocycles. The molecule has 0 bridgehead atoms. The molecule has 1 amide bonds. The fourth-order valence-corrected chi connectivity index (χ4v) is 6.41. The molecule has 2 aliphatic rings. The fourth-order valence-electron chi connectivity index (χ4n) is 6.41. The van der Waals surface area contributed by atoms with Gasteiger partial charge in [-0.1, -0.05) is 54.6 Å². The zero-order chi connectivity index (χ0) is 31.5. The number of benzene rings is 4. The number of anilines is 2. The molecule has 8 nitrogen and oxygen atoms in total.